The van der Waals surface area contributed by atoms with Crippen LogP contribution >= 0.6 is 23.2 Å². The standard InChI is InChI=1S/C24H16Cl2F4N2O3/c25-19-8-13(9-20(26)21(19)27)23(24(28,29)30)11-14(32-35-23)10-15(33)7-12-5-6-18(22(31)34)17-4-2-1-3-16(12)17/h1-6,8-9H,7,10-11H2,(H2,31,34). The fraction of sp³-hybridized carbons (Fsp3) is 0.208. The molecule has 0 bridgehead atoms. The predicted octanol–water partition coefficient (Wildman–Crippen LogP) is 6.12. The van der Waals surface area contributed by atoms with E-state index in [4.69, 9.17) is 33.8 Å². The van der Waals surface area contributed by atoms with E-state index >= 15 is 0 Å². The van der Waals surface area contributed by atoms with E-state index in [0.717, 1.165) is 12.1 Å². The third-order valence-corrected chi connectivity index (χ3v) is 6.31. The van der Waals surface area contributed by atoms with Gasteiger partial charge in [-0.05, 0) is 34.5 Å². The molecule has 0 saturated carbocycles. The number of nitrogens with two attached hydrogens (primary N) is 1. The van der Waals surface area contributed by atoms with Gasteiger partial charge in [-0.15, -0.1) is 0 Å². The number of benzene rings is 3. The van der Waals surface area contributed by atoms with Crippen molar-refractivity contribution >= 4 is 51.4 Å². The molecule has 1 amide bonds. The van der Waals surface area contributed by atoms with Gasteiger partial charge in [-0.2, -0.15) is 13.2 Å². The second kappa shape index (κ2) is 9.13. The summed E-state index contributed by atoms with van der Waals surface area (Å²) in [6.45, 7) is 0. The van der Waals surface area contributed by atoms with Crippen molar-refractivity contribution in [1.82, 2.24) is 0 Å². The molecule has 1 aliphatic rings. The zero-order chi connectivity index (χ0) is 25.5. The molecule has 4 rings (SSSR count). The second-order valence-corrected chi connectivity index (χ2v) is 8.89. The minimum atomic E-state index is -4.97. The average Bonchev–Trinajstić information content (AvgIpc) is 3.22. The van der Waals surface area contributed by atoms with E-state index < -0.39 is 57.7 Å². The van der Waals surface area contributed by atoms with Gasteiger partial charge in [-0.1, -0.05) is 58.7 Å². The van der Waals surface area contributed by atoms with E-state index in [9.17, 15) is 27.2 Å². The fourth-order valence-electron chi connectivity index (χ4n) is 4.08. The van der Waals surface area contributed by atoms with Crippen LogP contribution in [-0.2, 0) is 21.7 Å². The molecule has 0 spiro atoms. The molecule has 2 N–H and O–H groups in total. The number of rotatable bonds is 6. The lowest BCUT2D eigenvalue weighted by Gasteiger charge is -2.29. The number of hydrogen-bond donors (Lipinski definition) is 1. The lowest BCUT2D eigenvalue weighted by Crippen LogP contribution is -2.42. The summed E-state index contributed by atoms with van der Waals surface area (Å²) in [7, 11) is 0. The first kappa shape index (κ1) is 24.9. The van der Waals surface area contributed by atoms with Crippen LogP contribution in [0.2, 0.25) is 10.0 Å². The molecule has 3 aromatic carbocycles. The summed E-state index contributed by atoms with van der Waals surface area (Å²) in [4.78, 5) is 29.3. The largest absolute Gasteiger partial charge is 0.435 e. The molecule has 0 fully saturated rings. The van der Waals surface area contributed by atoms with Gasteiger partial charge in [0.2, 0.25) is 5.91 Å². The van der Waals surface area contributed by atoms with Gasteiger partial charge in [-0.3, -0.25) is 9.59 Å². The highest BCUT2D eigenvalue weighted by molar-refractivity contribution is 6.35. The number of nitrogens with zero attached hydrogens (tertiary/aromatic N) is 1. The molecule has 0 aliphatic carbocycles. The van der Waals surface area contributed by atoms with Crippen LogP contribution in [0.25, 0.3) is 10.8 Å². The van der Waals surface area contributed by atoms with Crippen molar-refractivity contribution in [2.45, 2.75) is 31.0 Å². The van der Waals surface area contributed by atoms with Crippen molar-refractivity contribution in [3.05, 3.63) is 81.1 Å². The number of Topliss-reactive ketones (excluding diaryl/α,β-unsaturated/α-hetero) is 1. The van der Waals surface area contributed by atoms with Crippen molar-refractivity contribution < 1.29 is 32.0 Å². The Bertz CT molecular complexity index is 1370. The smallest absolute Gasteiger partial charge is 0.374 e. The Hall–Kier alpha value is -3.17. The van der Waals surface area contributed by atoms with Crippen LogP contribution in [0.15, 0.2) is 53.7 Å². The topological polar surface area (TPSA) is 81.8 Å². The summed E-state index contributed by atoms with van der Waals surface area (Å²) in [6.07, 6.45) is -6.29. The normalized spacial score (nSPS) is 17.8. The van der Waals surface area contributed by atoms with E-state index in [-0.39, 0.29) is 17.7 Å². The van der Waals surface area contributed by atoms with Crippen LogP contribution in [0.1, 0.15) is 34.3 Å². The Kier molecular flexibility index (Phi) is 6.50. The van der Waals surface area contributed by atoms with E-state index in [2.05, 4.69) is 5.16 Å². The van der Waals surface area contributed by atoms with E-state index in [1.165, 1.54) is 6.07 Å². The van der Waals surface area contributed by atoms with Crippen LogP contribution in [0.4, 0.5) is 17.6 Å². The monoisotopic (exact) mass is 526 g/mol. The highest BCUT2D eigenvalue weighted by Crippen LogP contribution is 2.49. The Morgan fingerprint density at radius 2 is 1.66 bits per heavy atom. The van der Waals surface area contributed by atoms with Crippen LogP contribution in [0.5, 0.6) is 0 Å². The van der Waals surface area contributed by atoms with Crippen LogP contribution in [-0.4, -0.2) is 23.6 Å². The highest BCUT2D eigenvalue weighted by atomic mass is 35.5. The van der Waals surface area contributed by atoms with Gasteiger partial charge in [-0.25, -0.2) is 4.39 Å². The number of carbonyl (C=O) groups excluding carboxylic acids is 2. The van der Waals surface area contributed by atoms with Gasteiger partial charge in [0.15, 0.2) is 5.82 Å². The lowest BCUT2D eigenvalue weighted by atomic mass is 9.86. The van der Waals surface area contributed by atoms with Gasteiger partial charge in [0.1, 0.15) is 5.78 Å². The molecule has 182 valence electrons. The number of hydrogen-bond acceptors (Lipinski definition) is 4. The maximum Gasteiger partial charge on any atom is 0.435 e. The molecule has 0 radical (unpaired) electrons. The molecule has 0 aromatic heterocycles. The number of amides is 1. The van der Waals surface area contributed by atoms with Gasteiger partial charge in [0.05, 0.1) is 15.8 Å². The number of primary amides is 1. The predicted molar refractivity (Wildman–Crippen MR) is 123 cm³/mol. The van der Waals surface area contributed by atoms with Crippen molar-refractivity contribution in [2.24, 2.45) is 10.9 Å². The zero-order valence-electron chi connectivity index (χ0n) is 17.8. The number of fused-ring (bicyclic) bond motifs is 1. The summed E-state index contributed by atoms with van der Waals surface area (Å²) in [5.74, 6) is -2.10. The minimum absolute atomic E-state index is 0.119. The van der Waals surface area contributed by atoms with Gasteiger partial charge in [0.25, 0.3) is 5.60 Å². The maximum atomic E-state index is 14.1. The van der Waals surface area contributed by atoms with Crippen LogP contribution in [0.3, 0.4) is 0 Å². The highest BCUT2D eigenvalue weighted by Gasteiger charge is 2.62. The molecule has 3 aromatic rings. The molecular weight excluding hydrogens is 511 g/mol. The first-order chi connectivity index (χ1) is 16.4. The van der Waals surface area contributed by atoms with E-state index in [0.29, 0.717) is 16.3 Å². The molecule has 1 aliphatic heterocycles. The molecule has 1 atom stereocenters. The van der Waals surface area contributed by atoms with Crippen molar-refractivity contribution in [1.29, 1.82) is 0 Å². The maximum absolute atomic E-state index is 14.1. The molecule has 11 heteroatoms. The van der Waals surface area contributed by atoms with Crippen molar-refractivity contribution in [3.8, 4) is 0 Å². The summed E-state index contributed by atoms with van der Waals surface area (Å²) < 4.78 is 56.1. The quantitative estimate of drug-likeness (QED) is 0.310. The Morgan fingerprint density at radius 1 is 1.03 bits per heavy atom. The minimum Gasteiger partial charge on any atom is -0.374 e. The first-order valence-electron chi connectivity index (χ1n) is 10.2. The second-order valence-electron chi connectivity index (χ2n) is 8.08. The third-order valence-electron chi connectivity index (χ3n) is 5.76. The number of oxime groups is 1. The molecule has 35 heavy (non-hydrogen) atoms. The van der Waals surface area contributed by atoms with Gasteiger partial charge < -0.3 is 10.6 Å². The summed E-state index contributed by atoms with van der Waals surface area (Å²) in [5.41, 5.74) is 2.65. The van der Waals surface area contributed by atoms with Crippen molar-refractivity contribution in [3.63, 3.8) is 0 Å². The fourth-order valence-corrected chi connectivity index (χ4v) is 4.57. The number of alkyl halides is 3. The van der Waals surface area contributed by atoms with Gasteiger partial charge in [0, 0.05) is 30.4 Å². The molecule has 5 nitrogen and oxygen atoms in total. The summed E-state index contributed by atoms with van der Waals surface area (Å²) >= 11 is 11.4. The number of carbonyl (C=O) groups is 2. The zero-order valence-corrected chi connectivity index (χ0v) is 19.3. The lowest BCUT2D eigenvalue weighted by molar-refractivity contribution is -0.275. The molecule has 1 heterocycles. The number of ketones is 1. The Morgan fingerprint density at radius 3 is 2.26 bits per heavy atom. The SMILES string of the molecule is NC(=O)c1ccc(CC(=O)CC2=NOC(c3cc(Cl)c(F)c(Cl)c3)(C(F)(F)F)C2)c2ccccc12. The summed E-state index contributed by atoms with van der Waals surface area (Å²) in [6, 6.07) is 11.5. The first-order valence-corrected chi connectivity index (χ1v) is 11.0. The molecule has 0 saturated heterocycles. The molecular formula is C24H16Cl2F4N2O3. The van der Waals surface area contributed by atoms with Crippen LogP contribution in [0, 0.1) is 5.82 Å². The average molecular weight is 527 g/mol. The molecule has 1 unspecified atom stereocenters. The number of halogens is 6. The third kappa shape index (κ3) is 4.58. The van der Waals surface area contributed by atoms with Gasteiger partial charge >= 0.3 is 6.18 Å². The van der Waals surface area contributed by atoms with E-state index in [1.807, 2.05) is 0 Å². The summed E-state index contributed by atoms with van der Waals surface area (Å²) in [5, 5.41) is 3.52. The Labute approximate surface area is 206 Å². The van der Waals surface area contributed by atoms with Crippen molar-refractivity contribution in [2.75, 3.05) is 0 Å². The van der Waals surface area contributed by atoms with E-state index in [1.54, 1.807) is 30.3 Å². The Balaban J connectivity index is 1.57. The van der Waals surface area contributed by atoms with Crippen LogP contribution < -0.4 is 5.73 Å².